The number of rotatable bonds is 2. The van der Waals surface area contributed by atoms with Crippen molar-refractivity contribution >= 4 is 15.9 Å². The van der Waals surface area contributed by atoms with E-state index >= 15 is 0 Å². The first-order valence-corrected chi connectivity index (χ1v) is 4.13. The number of alkyl halides is 2. The van der Waals surface area contributed by atoms with Crippen molar-refractivity contribution in [3.8, 4) is 18.1 Å². The number of hydrogen-bond donors (Lipinski definition) is 0. The van der Waals surface area contributed by atoms with Crippen LogP contribution in [0.2, 0.25) is 0 Å². The van der Waals surface area contributed by atoms with Gasteiger partial charge in [-0.05, 0) is 34.1 Å². The SMILES string of the molecule is C#Cc1ccc(OC(F)F)c(Br)c1. The highest BCUT2D eigenvalue weighted by Crippen LogP contribution is 2.26. The minimum atomic E-state index is -2.83. The zero-order valence-electron chi connectivity index (χ0n) is 6.43. The lowest BCUT2D eigenvalue weighted by Gasteiger charge is -2.06. The fourth-order valence-electron chi connectivity index (χ4n) is 0.782. The third kappa shape index (κ3) is 2.71. The molecule has 1 aromatic rings. The predicted molar refractivity (Wildman–Crippen MR) is 48.7 cm³/mol. The molecule has 0 N–H and O–H groups in total. The van der Waals surface area contributed by atoms with E-state index in [-0.39, 0.29) is 5.75 Å². The fourth-order valence-corrected chi connectivity index (χ4v) is 1.25. The van der Waals surface area contributed by atoms with E-state index in [2.05, 4.69) is 26.6 Å². The van der Waals surface area contributed by atoms with Gasteiger partial charge in [0, 0.05) is 5.56 Å². The molecule has 1 aromatic carbocycles. The van der Waals surface area contributed by atoms with E-state index in [0.29, 0.717) is 10.0 Å². The second kappa shape index (κ2) is 4.24. The van der Waals surface area contributed by atoms with Crippen LogP contribution in [0, 0.1) is 12.3 Å². The monoisotopic (exact) mass is 246 g/mol. The molecule has 1 nitrogen and oxygen atoms in total. The highest BCUT2D eigenvalue weighted by atomic mass is 79.9. The molecule has 0 bridgehead atoms. The molecule has 4 heteroatoms. The lowest BCUT2D eigenvalue weighted by molar-refractivity contribution is -0.0503. The van der Waals surface area contributed by atoms with Gasteiger partial charge in [0.05, 0.1) is 4.47 Å². The maximum atomic E-state index is 11.8. The Morgan fingerprint density at radius 3 is 2.62 bits per heavy atom. The van der Waals surface area contributed by atoms with E-state index in [1.165, 1.54) is 18.2 Å². The number of hydrogen-bond acceptors (Lipinski definition) is 1. The third-order valence-corrected chi connectivity index (χ3v) is 1.93. The number of terminal acetylenes is 1. The van der Waals surface area contributed by atoms with Crippen molar-refractivity contribution in [1.29, 1.82) is 0 Å². The summed E-state index contributed by atoms with van der Waals surface area (Å²) in [5.74, 6) is 2.45. The molecule has 0 amide bonds. The van der Waals surface area contributed by atoms with E-state index in [4.69, 9.17) is 6.42 Å². The zero-order valence-corrected chi connectivity index (χ0v) is 8.01. The second-order valence-corrected chi connectivity index (χ2v) is 3.02. The topological polar surface area (TPSA) is 9.23 Å². The van der Waals surface area contributed by atoms with Gasteiger partial charge < -0.3 is 4.74 Å². The van der Waals surface area contributed by atoms with Gasteiger partial charge >= 0.3 is 6.61 Å². The summed E-state index contributed by atoms with van der Waals surface area (Å²) in [6.07, 6.45) is 5.11. The van der Waals surface area contributed by atoms with E-state index in [0.717, 1.165) is 0 Å². The van der Waals surface area contributed by atoms with Crippen molar-refractivity contribution in [3.63, 3.8) is 0 Å². The molecule has 0 saturated heterocycles. The molecular weight excluding hydrogens is 242 g/mol. The van der Waals surface area contributed by atoms with Gasteiger partial charge in [-0.2, -0.15) is 8.78 Å². The molecule has 0 aliphatic heterocycles. The average Bonchev–Trinajstić information content (AvgIpc) is 2.08. The predicted octanol–water partition coefficient (Wildman–Crippen LogP) is 3.03. The zero-order chi connectivity index (χ0) is 9.84. The van der Waals surface area contributed by atoms with Gasteiger partial charge in [0.2, 0.25) is 0 Å². The average molecular weight is 247 g/mol. The molecule has 1 rings (SSSR count). The molecule has 0 heterocycles. The molecule has 0 aliphatic rings. The highest BCUT2D eigenvalue weighted by molar-refractivity contribution is 9.10. The lowest BCUT2D eigenvalue weighted by atomic mass is 10.2. The van der Waals surface area contributed by atoms with E-state index in [1.807, 2.05) is 0 Å². The molecule has 0 spiro atoms. The molecule has 0 fully saturated rings. The van der Waals surface area contributed by atoms with Crippen LogP contribution in [-0.4, -0.2) is 6.61 Å². The number of ether oxygens (including phenoxy) is 1. The molecule has 0 unspecified atom stereocenters. The normalized spacial score (nSPS) is 9.77. The lowest BCUT2D eigenvalue weighted by Crippen LogP contribution is -2.02. The van der Waals surface area contributed by atoms with Crippen molar-refractivity contribution in [2.75, 3.05) is 0 Å². The standard InChI is InChI=1S/C9H5BrF2O/c1-2-6-3-4-8(7(10)5-6)13-9(11)12/h1,3-5,9H. The van der Waals surface area contributed by atoms with Crippen LogP contribution < -0.4 is 4.74 Å². The summed E-state index contributed by atoms with van der Waals surface area (Å²) in [4.78, 5) is 0. The summed E-state index contributed by atoms with van der Waals surface area (Å²) < 4.78 is 28.2. The molecule has 0 atom stereocenters. The smallest absolute Gasteiger partial charge is 0.387 e. The maximum absolute atomic E-state index is 11.8. The molecule has 0 saturated carbocycles. The summed E-state index contributed by atoms with van der Waals surface area (Å²) >= 11 is 3.06. The van der Waals surface area contributed by atoms with Crippen molar-refractivity contribution in [2.45, 2.75) is 6.61 Å². The third-order valence-electron chi connectivity index (χ3n) is 1.31. The minimum absolute atomic E-state index is 0.0778. The first kappa shape index (κ1) is 10.0. The van der Waals surface area contributed by atoms with Gasteiger partial charge in [0.15, 0.2) is 0 Å². The summed E-state index contributed by atoms with van der Waals surface area (Å²) in [6, 6.07) is 4.46. The number of benzene rings is 1. The van der Waals surface area contributed by atoms with Crippen molar-refractivity contribution in [1.82, 2.24) is 0 Å². The molecule has 68 valence electrons. The Morgan fingerprint density at radius 1 is 1.46 bits per heavy atom. The van der Waals surface area contributed by atoms with Crippen LogP contribution in [0.15, 0.2) is 22.7 Å². The summed E-state index contributed by atoms with van der Waals surface area (Å²) in [5, 5.41) is 0. The molecule has 0 aromatic heterocycles. The quantitative estimate of drug-likeness (QED) is 0.730. The Balaban J connectivity index is 2.93. The van der Waals surface area contributed by atoms with Crippen molar-refractivity contribution in [3.05, 3.63) is 28.2 Å². The van der Waals surface area contributed by atoms with Crippen molar-refractivity contribution < 1.29 is 13.5 Å². The van der Waals surface area contributed by atoms with Crippen LogP contribution in [0.1, 0.15) is 5.56 Å². The summed E-state index contributed by atoms with van der Waals surface area (Å²) in [5.41, 5.74) is 0.605. The Kier molecular flexibility index (Phi) is 3.26. The van der Waals surface area contributed by atoms with E-state index in [9.17, 15) is 8.78 Å². The van der Waals surface area contributed by atoms with Crippen LogP contribution in [0.25, 0.3) is 0 Å². The Morgan fingerprint density at radius 2 is 2.15 bits per heavy atom. The van der Waals surface area contributed by atoms with Gasteiger partial charge in [0.25, 0.3) is 0 Å². The van der Waals surface area contributed by atoms with Gasteiger partial charge in [0.1, 0.15) is 5.75 Å². The van der Waals surface area contributed by atoms with Gasteiger partial charge in [-0.1, -0.05) is 5.92 Å². The molecule has 13 heavy (non-hydrogen) atoms. The van der Waals surface area contributed by atoms with E-state index in [1.54, 1.807) is 0 Å². The first-order valence-electron chi connectivity index (χ1n) is 3.34. The molecule has 0 aliphatic carbocycles. The van der Waals surface area contributed by atoms with Crippen LogP contribution in [0.4, 0.5) is 8.78 Å². The van der Waals surface area contributed by atoms with Crippen molar-refractivity contribution in [2.24, 2.45) is 0 Å². The van der Waals surface area contributed by atoms with Crippen LogP contribution in [-0.2, 0) is 0 Å². The number of halogens is 3. The first-order chi connectivity index (χ1) is 6.13. The van der Waals surface area contributed by atoms with Crippen LogP contribution >= 0.6 is 15.9 Å². The minimum Gasteiger partial charge on any atom is -0.434 e. The largest absolute Gasteiger partial charge is 0.434 e. The van der Waals surface area contributed by atoms with Crippen LogP contribution in [0.3, 0.4) is 0 Å². The maximum Gasteiger partial charge on any atom is 0.387 e. The Hall–Kier alpha value is -1.08. The fraction of sp³-hybridized carbons (Fsp3) is 0.111. The molecular formula is C9H5BrF2O. The van der Waals surface area contributed by atoms with Gasteiger partial charge in [-0.15, -0.1) is 6.42 Å². The summed E-state index contributed by atoms with van der Waals surface area (Å²) in [6.45, 7) is -2.83. The second-order valence-electron chi connectivity index (χ2n) is 2.17. The molecule has 0 radical (unpaired) electrons. The van der Waals surface area contributed by atoms with Gasteiger partial charge in [-0.25, -0.2) is 0 Å². The Labute approximate surface area is 82.8 Å². The summed E-state index contributed by atoms with van der Waals surface area (Å²) in [7, 11) is 0. The van der Waals surface area contributed by atoms with Crippen LogP contribution in [0.5, 0.6) is 5.75 Å². The Bertz CT molecular complexity index is 344. The van der Waals surface area contributed by atoms with Gasteiger partial charge in [-0.3, -0.25) is 0 Å². The van der Waals surface area contributed by atoms with E-state index < -0.39 is 6.61 Å². The highest BCUT2D eigenvalue weighted by Gasteiger charge is 2.07.